The Balaban J connectivity index is 1.52. The molecule has 0 saturated carbocycles. The van der Waals surface area contributed by atoms with Gasteiger partial charge in [-0.15, -0.1) is 0 Å². The van der Waals surface area contributed by atoms with E-state index < -0.39 is 21.5 Å². The molecule has 1 saturated heterocycles. The van der Waals surface area contributed by atoms with Gasteiger partial charge in [0, 0.05) is 37.2 Å². The molecule has 1 aromatic heterocycles. The fraction of sp³-hybridized carbons (Fsp3) is 0.414. The molecule has 236 valence electrons. The highest BCUT2D eigenvalue weighted by molar-refractivity contribution is 9.10. The number of aromatic amines is 1. The molecule has 4 N–H and O–H groups in total. The van der Waals surface area contributed by atoms with E-state index in [4.69, 9.17) is 15.5 Å². The summed E-state index contributed by atoms with van der Waals surface area (Å²) in [4.78, 5) is 35.3. The van der Waals surface area contributed by atoms with Gasteiger partial charge in [-0.25, -0.2) is 18.4 Å². The summed E-state index contributed by atoms with van der Waals surface area (Å²) in [6.45, 7) is 4.82. The molecule has 2 aliphatic heterocycles. The van der Waals surface area contributed by atoms with Crippen LogP contribution in [0.25, 0.3) is 11.4 Å². The molecular weight excluding hydrogens is 654 g/mol. The Labute approximate surface area is 264 Å². The van der Waals surface area contributed by atoms with E-state index in [9.17, 15) is 23.1 Å². The molecule has 15 heteroatoms. The fourth-order valence-electron chi connectivity index (χ4n) is 5.36. The van der Waals surface area contributed by atoms with Gasteiger partial charge in [0.2, 0.25) is 15.9 Å². The number of carbonyl (C=O) groups excluding carboxylic acids is 1. The van der Waals surface area contributed by atoms with Crippen molar-refractivity contribution in [3.63, 3.8) is 0 Å². The Kier molecular flexibility index (Phi) is 10.0. The van der Waals surface area contributed by atoms with Crippen LogP contribution in [-0.4, -0.2) is 96.1 Å². The maximum absolute atomic E-state index is 13.7. The zero-order valence-corrected chi connectivity index (χ0v) is 26.8. The van der Waals surface area contributed by atoms with Crippen molar-refractivity contribution < 1.29 is 23.1 Å². The number of ether oxygens (including phenoxy) is 1. The Morgan fingerprint density at radius 3 is 2.52 bits per heavy atom. The first kappa shape index (κ1) is 32.1. The van der Waals surface area contributed by atoms with Gasteiger partial charge < -0.3 is 20.6 Å². The van der Waals surface area contributed by atoms with Gasteiger partial charge >= 0.3 is 0 Å². The summed E-state index contributed by atoms with van der Waals surface area (Å²) in [5.41, 5.74) is 7.06. The van der Waals surface area contributed by atoms with Crippen molar-refractivity contribution >= 4 is 37.5 Å². The number of sulfonamides is 1. The van der Waals surface area contributed by atoms with Gasteiger partial charge in [0.05, 0.1) is 49.0 Å². The van der Waals surface area contributed by atoms with Gasteiger partial charge in [-0.2, -0.15) is 4.31 Å². The van der Waals surface area contributed by atoms with Gasteiger partial charge in [-0.1, -0.05) is 35.0 Å². The quantitative estimate of drug-likeness (QED) is 0.254. The van der Waals surface area contributed by atoms with Crippen LogP contribution in [-0.2, 0) is 27.9 Å². The van der Waals surface area contributed by atoms with E-state index >= 15 is 0 Å². The molecule has 0 aliphatic carbocycles. The van der Waals surface area contributed by atoms with Crippen LogP contribution in [0.15, 0.2) is 56.6 Å². The number of hydrazine groups is 1. The molecule has 2 aromatic carbocycles. The minimum Gasteiger partial charge on any atom is -0.493 e. The van der Waals surface area contributed by atoms with Crippen LogP contribution in [0.3, 0.4) is 0 Å². The molecule has 0 unspecified atom stereocenters. The van der Waals surface area contributed by atoms with Crippen molar-refractivity contribution in [3.8, 4) is 17.1 Å². The summed E-state index contributed by atoms with van der Waals surface area (Å²) in [6, 6.07) is 12.2. The lowest BCUT2D eigenvalue weighted by Gasteiger charge is -2.33. The van der Waals surface area contributed by atoms with Gasteiger partial charge in [-0.05, 0) is 42.3 Å². The highest BCUT2D eigenvalue weighted by atomic mass is 79.9. The lowest BCUT2D eigenvalue weighted by Crippen LogP contribution is -2.49. The van der Waals surface area contributed by atoms with Crippen molar-refractivity contribution in [1.29, 1.82) is 0 Å². The molecule has 5 rings (SSSR count). The number of rotatable bonds is 12. The number of primary amides is 1. The summed E-state index contributed by atoms with van der Waals surface area (Å²) in [5.74, 6) is -0.00447. The normalized spacial score (nSPS) is 16.3. The Morgan fingerprint density at radius 1 is 1.14 bits per heavy atom. The number of benzene rings is 2. The van der Waals surface area contributed by atoms with Crippen LogP contribution in [0.4, 0.5) is 5.69 Å². The Bertz CT molecular complexity index is 1660. The SMILES string of the molecule is CCCOc1ccc(S(=O)(=O)N2CCN(CCO)CC2)cc1-c1nc2c(c(=O)[nH]1)N(Cc1ccc(Br)cc1)N(CC(N)=O)C2. The maximum Gasteiger partial charge on any atom is 0.276 e. The van der Waals surface area contributed by atoms with Crippen LogP contribution in [0, 0.1) is 0 Å². The average Bonchev–Trinajstić information content (AvgIpc) is 3.33. The third-order valence-electron chi connectivity index (χ3n) is 7.54. The summed E-state index contributed by atoms with van der Waals surface area (Å²) in [7, 11) is -3.86. The predicted octanol–water partition coefficient (Wildman–Crippen LogP) is 1.51. The molecule has 0 radical (unpaired) electrons. The van der Waals surface area contributed by atoms with Gasteiger partial charge in [0.25, 0.3) is 5.56 Å². The van der Waals surface area contributed by atoms with Crippen LogP contribution in [0.5, 0.6) is 5.75 Å². The zero-order chi connectivity index (χ0) is 31.4. The molecule has 1 fully saturated rings. The third-order valence-corrected chi connectivity index (χ3v) is 9.96. The molecular formula is C29H36BrN7O6S. The molecule has 1 amide bonds. The molecule has 2 aliphatic rings. The number of aromatic nitrogens is 2. The van der Waals surface area contributed by atoms with Crippen molar-refractivity contribution in [3.05, 3.63) is 68.5 Å². The number of fused-ring (bicyclic) bond motifs is 1. The molecule has 0 spiro atoms. The van der Waals surface area contributed by atoms with E-state index in [1.54, 1.807) is 16.1 Å². The second-order valence-corrected chi connectivity index (χ2v) is 13.5. The number of carbonyl (C=O) groups is 1. The fourth-order valence-corrected chi connectivity index (χ4v) is 7.07. The van der Waals surface area contributed by atoms with Crippen LogP contribution < -0.4 is 21.0 Å². The monoisotopic (exact) mass is 689 g/mol. The number of H-pyrrole nitrogens is 1. The Morgan fingerprint density at radius 2 is 1.86 bits per heavy atom. The highest BCUT2D eigenvalue weighted by Gasteiger charge is 2.34. The number of piperazine rings is 1. The number of hydrogen-bond acceptors (Lipinski definition) is 10. The van der Waals surface area contributed by atoms with Gasteiger partial charge in [0.1, 0.15) is 17.3 Å². The number of hydrogen-bond donors (Lipinski definition) is 3. The van der Waals surface area contributed by atoms with Gasteiger partial charge in [0.15, 0.2) is 0 Å². The lowest BCUT2D eigenvalue weighted by molar-refractivity contribution is -0.119. The second-order valence-electron chi connectivity index (χ2n) is 10.7. The summed E-state index contributed by atoms with van der Waals surface area (Å²) in [5, 5.41) is 12.6. The van der Waals surface area contributed by atoms with Crippen molar-refractivity contribution in [2.45, 2.75) is 31.3 Å². The molecule has 44 heavy (non-hydrogen) atoms. The zero-order valence-electron chi connectivity index (χ0n) is 24.4. The van der Waals surface area contributed by atoms with E-state index in [-0.39, 0.29) is 30.4 Å². The van der Waals surface area contributed by atoms with Gasteiger partial charge in [-0.3, -0.25) is 19.5 Å². The van der Waals surface area contributed by atoms with Crippen molar-refractivity contribution in [2.75, 3.05) is 57.5 Å². The number of nitrogens with one attached hydrogen (secondary N) is 1. The van der Waals surface area contributed by atoms with Crippen molar-refractivity contribution in [2.24, 2.45) is 5.73 Å². The number of anilines is 1. The maximum atomic E-state index is 13.7. The lowest BCUT2D eigenvalue weighted by atomic mass is 10.1. The number of aliphatic hydroxyl groups is 1. The number of halogens is 1. The van der Waals surface area contributed by atoms with E-state index in [0.29, 0.717) is 68.6 Å². The Hall–Kier alpha value is -3.34. The number of nitrogens with zero attached hydrogens (tertiary/aromatic N) is 5. The molecule has 13 nitrogen and oxygen atoms in total. The average molecular weight is 691 g/mol. The van der Waals surface area contributed by atoms with E-state index in [1.807, 2.05) is 36.1 Å². The third kappa shape index (κ3) is 6.98. The van der Waals surface area contributed by atoms with E-state index in [0.717, 1.165) is 16.5 Å². The first-order valence-electron chi connectivity index (χ1n) is 14.4. The van der Waals surface area contributed by atoms with Crippen molar-refractivity contribution in [1.82, 2.24) is 24.2 Å². The predicted molar refractivity (Wildman–Crippen MR) is 168 cm³/mol. The summed E-state index contributed by atoms with van der Waals surface area (Å²) in [6.07, 6.45) is 0.721. The topological polar surface area (TPSA) is 165 Å². The minimum atomic E-state index is -3.86. The standard InChI is InChI=1S/C29H36BrN7O6S/c1-2-15-43-25-8-7-22(44(41,42)36-11-9-34(10-12-36)13-14-38)16-23(25)28-32-24-18-35(19-26(31)39)37(27(24)29(40)33-28)17-20-3-5-21(30)6-4-20/h3-8,16,38H,2,9-15,17-19H2,1H3,(H2,31,39)(H,32,33,40). The first-order chi connectivity index (χ1) is 21.1. The van der Waals surface area contributed by atoms with Crippen LogP contribution >= 0.6 is 15.9 Å². The molecule has 3 heterocycles. The minimum absolute atomic E-state index is 0.0175. The first-order valence-corrected chi connectivity index (χ1v) is 16.6. The molecule has 0 atom stereocenters. The number of nitrogens with two attached hydrogens (primary N) is 1. The number of amides is 1. The summed E-state index contributed by atoms with van der Waals surface area (Å²) >= 11 is 3.43. The number of β-amino-alcohol motifs (C(OH)–C–C–N with tert-alkyl or cyclic N) is 1. The van der Waals surface area contributed by atoms with E-state index in [1.165, 1.54) is 16.4 Å². The largest absolute Gasteiger partial charge is 0.493 e. The molecule has 3 aromatic rings. The van der Waals surface area contributed by atoms with Crippen LogP contribution in [0.1, 0.15) is 24.6 Å². The highest BCUT2D eigenvalue weighted by Crippen LogP contribution is 2.34. The summed E-state index contributed by atoms with van der Waals surface area (Å²) < 4.78 is 35.6. The number of aliphatic hydroxyl groups excluding tert-OH is 1. The second kappa shape index (κ2) is 13.7. The molecule has 0 bridgehead atoms. The van der Waals surface area contributed by atoms with E-state index in [2.05, 4.69) is 20.9 Å². The smallest absolute Gasteiger partial charge is 0.276 e. The van der Waals surface area contributed by atoms with Crippen LogP contribution in [0.2, 0.25) is 0 Å².